The van der Waals surface area contributed by atoms with Crippen LogP contribution in [-0.4, -0.2) is 39.4 Å². The third-order valence-corrected chi connectivity index (χ3v) is 6.20. The molecule has 1 N–H and O–H groups in total. The molecule has 4 rings (SSSR count). The first-order chi connectivity index (χ1) is 14.5. The Bertz CT molecular complexity index is 1060. The molecule has 0 bridgehead atoms. The zero-order valence-corrected chi connectivity index (χ0v) is 17.7. The largest absolute Gasteiger partial charge is 0.444 e. The third-order valence-electron chi connectivity index (χ3n) is 5.18. The number of nitrogens with one attached hydrogen (secondary N) is 1. The first-order valence-corrected chi connectivity index (χ1v) is 10.9. The Labute approximate surface area is 179 Å². The minimum absolute atomic E-state index is 0.102. The minimum atomic E-state index is -0.496. The number of rotatable bonds is 5. The van der Waals surface area contributed by atoms with Gasteiger partial charge in [0.2, 0.25) is 17.7 Å². The van der Waals surface area contributed by atoms with Crippen LogP contribution in [0.3, 0.4) is 0 Å². The quantitative estimate of drug-likeness (QED) is 0.673. The molecule has 0 aliphatic carbocycles. The molecule has 1 aliphatic heterocycles. The highest BCUT2D eigenvalue weighted by molar-refractivity contribution is 7.99. The van der Waals surface area contributed by atoms with Crippen molar-refractivity contribution in [2.45, 2.75) is 26.3 Å². The maximum Gasteiger partial charge on any atom is 0.248 e. The smallest absolute Gasteiger partial charge is 0.248 e. The van der Waals surface area contributed by atoms with E-state index in [0.29, 0.717) is 23.2 Å². The summed E-state index contributed by atoms with van der Waals surface area (Å²) in [7, 11) is 0. The fraction of sp³-hybridized carbons (Fsp3) is 0.261. The molecule has 3 aromatic rings. The van der Waals surface area contributed by atoms with Crippen molar-refractivity contribution in [1.82, 2.24) is 9.88 Å². The van der Waals surface area contributed by atoms with E-state index in [-0.39, 0.29) is 18.2 Å². The molecule has 1 aliphatic rings. The Kier molecular flexibility index (Phi) is 5.90. The van der Waals surface area contributed by atoms with Gasteiger partial charge in [0.15, 0.2) is 0 Å². The summed E-state index contributed by atoms with van der Waals surface area (Å²) in [5.74, 6) is 1.26. The van der Waals surface area contributed by atoms with E-state index in [1.807, 2.05) is 62.4 Å². The summed E-state index contributed by atoms with van der Waals surface area (Å²) in [5, 5.41) is 2.95. The van der Waals surface area contributed by atoms with Crippen LogP contribution >= 0.6 is 11.8 Å². The summed E-state index contributed by atoms with van der Waals surface area (Å²) >= 11 is 1.58. The van der Waals surface area contributed by atoms with E-state index in [0.717, 1.165) is 16.8 Å². The van der Waals surface area contributed by atoms with Gasteiger partial charge in [-0.1, -0.05) is 24.3 Å². The number of carbonyl (C=O) groups excluding carboxylic acids is 2. The van der Waals surface area contributed by atoms with E-state index in [1.165, 1.54) is 11.8 Å². The molecular formula is C23H23N3O3S. The fourth-order valence-corrected chi connectivity index (χ4v) is 4.49. The SMILES string of the molecule is Cc1ccc(NC(=O)C2CSCN2C(=O)Cc2coc(-c3ccccc3)n2)cc1C. The molecule has 2 amide bonds. The van der Waals surface area contributed by atoms with Gasteiger partial charge in [0.1, 0.15) is 12.3 Å². The number of anilines is 1. The first-order valence-electron chi connectivity index (χ1n) is 9.76. The van der Waals surface area contributed by atoms with Gasteiger partial charge in [-0.15, -0.1) is 11.8 Å². The van der Waals surface area contributed by atoms with Crippen LogP contribution in [-0.2, 0) is 16.0 Å². The van der Waals surface area contributed by atoms with Crippen LogP contribution in [0.2, 0.25) is 0 Å². The lowest BCUT2D eigenvalue weighted by atomic mass is 10.1. The van der Waals surface area contributed by atoms with Crippen LogP contribution in [0.25, 0.3) is 11.5 Å². The predicted molar refractivity (Wildman–Crippen MR) is 118 cm³/mol. The summed E-state index contributed by atoms with van der Waals surface area (Å²) in [6, 6.07) is 14.9. The molecule has 7 heteroatoms. The first kappa shape index (κ1) is 20.2. The van der Waals surface area contributed by atoms with Gasteiger partial charge in [0, 0.05) is 17.0 Å². The van der Waals surface area contributed by atoms with Crippen molar-refractivity contribution in [1.29, 1.82) is 0 Å². The molecule has 0 saturated carbocycles. The molecule has 1 unspecified atom stereocenters. The zero-order chi connectivity index (χ0) is 21.1. The number of amides is 2. The van der Waals surface area contributed by atoms with Crippen molar-refractivity contribution in [2.24, 2.45) is 0 Å². The Morgan fingerprint density at radius 1 is 1.17 bits per heavy atom. The van der Waals surface area contributed by atoms with Gasteiger partial charge in [-0.3, -0.25) is 9.59 Å². The highest BCUT2D eigenvalue weighted by Crippen LogP contribution is 2.25. The Morgan fingerprint density at radius 3 is 2.73 bits per heavy atom. The number of hydrogen-bond donors (Lipinski definition) is 1. The van der Waals surface area contributed by atoms with Crippen molar-refractivity contribution in [2.75, 3.05) is 16.9 Å². The summed E-state index contributed by atoms with van der Waals surface area (Å²) < 4.78 is 5.52. The molecule has 1 fully saturated rings. The van der Waals surface area contributed by atoms with Crippen molar-refractivity contribution < 1.29 is 14.0 Å². The summed E-state index contributed by atoms with van der Waals surface area (Å²) in [4.78, 5) is 31.7. The Hall–Kier alpha value is -3.06. The number of aromatic nitrogens is 1. The van der Waals surface area contributed by atoms with Crippen LogP contribution in [0.5, 0.6) is 0 Å². The molecule has 1 aromatic heterocycles. The van der Waals surface area contributed by atoms with E-state index in [2.05, 4.69) is 10.3 Å². The monoisotopic (exact) mass is 421 g/mol. The van der Waals surface area contributed by atoms with E-state index >= 15 is 0 Å². The van der Waals surface area contributed by atoms with E-state index in [9.17, 15) is 9.59 Å². The van der Waals surface area contributed by atoms with Gasteiger partial charge in [0.05, 0.1) is 18.0 Å². The number of nitrogens with zero attached hydrogens (tertiary/aromatic N) is 2. The highest BCUT2D eigenvalue weighted by atomic mass is 32.2. The highest BCUT2D eigenvalue weighted by Gasteiger charge is 2.35. The average Bonchev–Trinajstić information content (AvgIpc) is 3.41. The van der Waals surface area contributed by atoms with Crippen molar-refractivity contribution in [3.05, 3.63) is 71.6 Å². The number of carbonyl (C=O) groups is 2. The third kappa shape index (κ3) is 4.41. The van der Waals surface area contributed by atoms with Crippen molar-refractivity contribution in [3.63, 3.8) is 0 Å². The van der Waals surface area contributed by atoms with Gasteiger partial charge in [-0.25, -0.2) is 4.98 Å². The van der Waals surface area contributed by atoms with Crippen LogP contribution < -0.4 is 5.32 Å². The number of hydrogen-bond acceptors (Lipinski definition) is 5. The van der Waals surface area contributed by atoms with Gasteiger partial charge in [0.25, 0.3) is 0 Å². The molecule has 1 atom stereocenters. The lowest BCUT2D eigenvalue weighted by molar-refractivity contribution is -0.135. The molecule has 6 nitrogen and oxygen atoms in total. The second kappa shape index (κ2) is 8.75. The summed E-state index contributed by atoms with van der Waals surface area (Å²) in [5.41, 5.74) is 4.45. The lowest BCUT2D eigenvalue weighted by Crippen LogP contribution is -2.45. The van der Waals surface area contributed by atoms with Crippen molar-refractivity contribution in [3.8, 4) is 11.5 Å². The maximum atomic E-state index is 12.9. The molecule has 1 saturated heterocycles. The van der Waals surface area contributed by atoms with Gasteiger partial charge in [-0.2, -0.15) is 0 Å². The predicted octanol–water partition coefficient (Wildman–Crippen LogP) is 4.04. The number of aryl methyl sites for hydroxylation is 2. The standard InChI is InChI=1S/C23H23N3O3S/c1-15-8-9-18(10-16(15)2)24-22(28)20-13-30-14-26(20)21(27)11-19-12-29-23(25-19)17-6-4-3-5-7-17/h3-10,12,20H,11,13-14H2,1-2H3,(H,24,28). The van der Waals surface area contributed by atoms with Crippen LogP contribution in [0, 0.1) is 13.8 Å². The van der Waals surface area contributed by atoms with Crippen LogP contribution in [0.1, 0.15) is 16.8 Å². The van der Waals surface area contributed by atoms with Crippen LogP contribution in [0.15, 0.2) is 59.2 Å². The number of benzene rings is 2. The Balaban J connectivity index is 1.41. The molecule has 2 heterocycles. The Morgan fingerprint density at radius 2 is 1.97 bits per heavy atom. The van der Waals surface area contributed by atoms with Crippen LogP contribution in [0.4, 0.5) is 5.69 Å². The molecule has 0 radical (unpaired) electrons. The number of oxazole rings is 1. The summed E-state index contributed by atoms with van der Waals surface area (Å²) in [6.45, 7) is 4.04. The number of thioether (sulfide) groups is 1. The van der Waals surface area contributed by atoms with Gasteiger partial charge < -0.3 is 14.6 Å². The zero-order valence-electron chi connectivity index (χ0n) is 16.9. The average molecular weight is 422 g/mol. The van der Waals surface area contributed by atoms with E-state index in [1.54, 1.807) is 16.7 Å². The van der Waals surface area contributed by atoms with Gasteiger partial charge >= 0.3 is 0 Å². The molecule has 0 spiro atoms. The van der Waals surface area contributed by atoms with Gasteiger partial charge in [-0.05, 0) is 49.2 Å². The molecule has 154 valence electrons. The van der Waals surface area contributed by atoms with Crippen molar-refractivity contribution >= 4 is 29.3 Å². The maximum absolute atomic E-state index is 12.9. The minimum Gasteiger partial charge on any atom is -0.444 e. The second-order valence-corrected chi connectivity index (χ2v) is 8.35. The summed E-state index contributed by atoms with van der Waals surface area (Å²) in [6.07, 6.45) is 1.61. The fourth-order valence-electron chi connectivity index (χ4n) is 3.31. The van der Waals surface area contributed by atoms with E-state index in [4.69, 9.17) is 4.42 Å². The topological polar surface area (TPSA) is 75.4 Å². The molecule has 30 heavy (non-hydrogen) atoms. The van der Waals surface area contributed by atoms with E-state index < -0.39 is 6.04 Å². The second-order valence-electron chi connectivity index (χ2n) is 7.35. The molecular weight excluding hydrogens is 398 g/mol. The molecule has 2 aromatic carbocycles. The normalized spacial score (nSPS) is 15.9. The lowest BCUT2D eigenvalue weighted by Gasteiger charge is -2.23.